The van der Waals surface area contributed by atoms with Crippen LogP contribution in [0.15, 0.2) is 89.9 Å². The summed E-state index contributed by atoms with van der Waals surface area (Å²) in [4.78, 5) is 26.5. The van der Waals surface area contributed by atoms with E-state index in [-0.39, 0.29) is 22.7 Å². The molecule has 0 saturated carbocycles. The number of aromatic amines is 1. The van der Waals surface area contributed by atoms with Gasteiger partial charge in [0.2, 0.25) is 5.56 Å². The summed E-state index contributed by atoms with van der Waals surface area (Å²) in [7, 11) is 0. The summed E-state index contributed by atoms with van der Waals surface area (Å²) in [5, 5.41) is 11.3. The zero-order chi connectivity index (χ0) is 30.5. The summed E-state index contributed by atoms with van der Waals surface area (Å²) in [5.41, 5.74) is -1.67. The number of phenols is 1. The topological polar surface area (TPSA) is 110 Å². The van der Waals surface area contributed by atoms with Crippen LogP contribution in [0.4, 0.5) is 18.9 Å². The van der Waals surface area contributed by atoms with Gasteiger partial charge < -0.3 is 29.6 Å². The highest BCUT2D eigenvalue weighted by molar-refractivity contribution is 6.06. The van der Waals surface area contributed by atoms with Gasteiger partial charge in [0, 0.05) is 18.0 Å². The van der Waals surface area contributed by atoms with Crippen LogP contribution in [-0.4, -0.2) is 29.2 Å². The van der Waals surface area contributed by atoms with E-state index in [9.17, 15) is 22.8 Å². The predicted octanol–water partition coefficient (Wildman–Crippen LogP) is 7.41. The van der Waals surface area contributed by atoms with E-state index in [1.54, 1.807) is 48.5 Å². The van der Waals surface area contributed by atoms with Crippen LogP contribution in [0.3, 0.4) is 0 Å². The van der Waals surface area contributed by atoms with Crippen molar-refractivity contribution in [3.63, 3.8) is 0 Å². The lowest BCUT2D eigenvalue weighted by molar-refractivity contribution is -0.137. The molecule has 0 radical (unpaired) electrons. The number of carbonyl (C=O) groups is 1. The first-order chi connectivity index (χ1) is 20.1. The maximum atomic E-state index is 13.2. The number of rotatable bonds is 10. The van der Waals surface area contributed by atoms with E-state index in [2.05, 4.69) is 17.2 Å². The highest BCUT2D eigenvalue weighted by Gasteiger charge is 2.32. The molecule has 8 nitrogen and oxygen atoms in total. The first-order valence-electron chi connectivity index (χ1n) is 13.1. The van der Waals surface area contributed by atoms with Gasteiger partial charge in [0.25, 0.3) is 5.91 Å². The van der Waals surface area contributed by atoms with Gasteiger partial charge in [0.05, 0.1) is 24.3 Å². The largest absolute Gasteiger partial charge is 0.508 e. The summed E-state index contributed by atoms with van der Waals surface area (Å²) in [5.74, 6) is 1.09. The summed E-state index contributed by atoms with van der Waals surface area (Å²) < 4.78 is 56.0. The minimum Gasteiger partial charge on any atom is -0.508 e. The van der Waals surface area contributed by atoms with Crippen molar-refractivity contribution in [3.05, 3.63) is 107 Å². The summed E-state index contributed by atoms with van der Waals surface area (Å²) in [6, 6.07) is 18.4. The number of alkyl halides is 3. The van der Waals surface area contributed by atoms with Gasteiger partial charge in [-0.3, -0.25) is 9.59 Å². The number of aromatic nitrogens is 1. The maximum Gasteiger partial charge on any atom is 0.416 e. The standard InChI is InChI=1S/C22H19F3N2O4.C9H12O2/c1-2-11-30-16-4-6-17(7-5-16)31-19-8-3-14(22(23,24)25)12-18(19)21(29)27-15-9-10-26-20(28)13-15;1-2-7-11-9-5-3-8(10)4-6-9/h3-10,12-13H,2,11H2,1H3,(H2,26,27,28,29);3-6,10H,2,7H2,1H3. The lowest BCUT2D eigenvalue weighted by Crippen LogP contribution is -2.16. The molecule has 4 aromatic rings. The summed E-state index contributed by atoms with van der Waals surface area (Å²) >= 11 is 0. The van der Waals surface area contributed by atoms with Crippen LogP contribution in [0.1, 0.15) is 42.6 Å². The van der Waals surface area contributed by atoms with E-state index in [0.717, 1.165) is 43.4 Å². The first-order valence-corrected chi connectivity index (χ1v) is 13.1. The van der Waals surface area contributed by atoms with Gasteiger partial charge in [-0.25, -0.2) is 0 Å². The van der Waals surface area contributed by atoms with Gasteiger partial charge in [0.1, 0.15) is 28.7 Å². The number of hydrogen-bond donors (Lipinski definition) is 3. The number of pyridine rings is 1. The fourth-order valence-corrected chi connectivity index (χ4v) is 3.41. The number of halogens is 3. The zero-order valence-electron chi connectivity index (χ0n) is 23.0. The lowest BCUT2D eigenvalue weighted by Gasteiger charge is -2.15. The Hall–Kier alpha value is -4.93. The number of H-pyrrole nitrogens is 1. The Morgan fingerprint density at radius 3 is 1.95 bits per heavy atom. The summed E-state index contributed by atoms with van der Waals surface area (Å²) in [6.45, 7) is 5.30. The van der Waals surface area contributed by atoms with Crippen molar-refractivity contribution in [2.75, 3.05) is 18.5 Å². The molecule has 222 valence electrons. The molecule has 1 aromatic heterocycles. The normalized spacial score (nSPS) is 10.7. The molecule has 0 bridgehead atoms. The lowest BCUT2D eigenvalue weighted by atomic mass is 10.1. The average molecular weight is 585 g/mol. The number of ether oxygens (including phenoxy) is 3. The second-order valence-electron chi connectivity index (χ2n) is 8.87. The van der Waals surface area contributed by atoms with Crippen LogP contribution in [0.25, 0.3) is 0 Å². The third-order valence-electron chi connectivity index (χ3n) is 5.42. The van der Waals surface area contributed by atoms with E-state index in [1.807, 2.05) is 6.92 Å². The molecule has 1 heterocycles. The highest BCUT2D eigenvalue weighted by Crippen LogP contribution is 2.35. The van der Waals surface area contributed by atoms with Crippen molar-refractivity contribution in [1.29, 1.82) is 0 Å². The van der Waals surface area contributed by atoms with Crippen molar-refractivity contribution in [2.24, 2.45) is 0 Å². The van der Waals surface area contributed by atoms with Crippen molar-refractivity contribution in [1.82, 2.24) is 4.98 Å². The van der Waals surface area contributed by atoms with Gasteiger partial charge in [-0.1, -0.05) is 13.8 Å². The molecule has 3 aromatic carbocycles. The van der Waals surface area contributed by atoms with E-state index < -0.39 is 23.2 Å². The molecule has 0 fully saturated rings. The molecule has 0 atom stereocenters. The maximum absolute atomic E-state index is 13.2. The fourth-order valence-electron chi connectivity index (χ4n) is 3.41. The van der Waals surface area contributed by atoms with Crippen LogP contribution in [-0.2, 0) is 6.18 Å². The average Bonchev–Trinajstić information content (AvgIpc) is 2.96. The Labute approximate surface area is 240 Å². The van der Waals surface area contributed by atoms with Gasteiger partial charge in [0.15, 0.2) is 0 Å². The van der Waals surface area contributed by atoms with Gasteiger partial charge in [-0.2, -0.15) is 13.2 Å². The Balaban J connectivity index is 0.000000369. The van der Waals surface area contributed by atoms with Crippen molar-refractivity contribution >= 4 is 11.6 Å². The molecule has 3 N–H and O–H groups in total. The second-order valence-corrected chi connectivity index (χ2v) is 8.87. The van der Waals surface area contributed by atoms with Gasteiger partial charge in [-0.05, 0) is 85.6 Å². The molecule has 0 aliphatic heterocycles. The number of phenolic OH excluding ortho intramolecular Hbond substituents is 1. The van der Waals surface area contributed by atoms with E-state index in [4.69, 9.17) is 19.3 Å². The van der Waals surface area contributed by atoms with Crippen LogP contribution in [0, 0.1) is 0 Å². The quantitative estimate of drug-likeness (QED) is 0.179. The first kappa shape index (κ1) is 31.6. The molecule has 11 heteroatoms. The Kier molecular flexibility index (Phi) is 11.4. The number of aromatic hydroxyl groups is 1. The molecule has 1 amide bonds. The molecule has 42 heavy (non-hydrogen) atoms. The number of benzene rings is 3. The molecule has 0 aliphatic rings. The zero-order valence-corrected chi connectivity index (χ0v) is 23.0. The minimum absolute atomic E-state index is 0.0717. The third kappa shape index (κ3) is 9.92. The van der Waals surface area contributed by atoms with E-state index in [0.29, 0.717) is 24.2 Å². The smallest absolute Gasteiger partial charge is 0.416 e. The monoisotopic (exact) mass is 584 g/mol. The molecule has 0 saturated heterocycles. The van der Waals surface area contributed by atoms with Crippen LogP contribution >= 0.6 is 0 Å². The third-order valence-corrected chi connectivity index (χ3v) is 5.42. The number of nitrogens with one attached hydrogen (secondary N) is 2. The number of carbonyl (C=O) groups excluding carboxylic acids is 1. The van der Waals surface area contributed by atoms with Crippen LogP contribution in [0.2, 0.25) is 0 Å². The predicted molar refractivity (Wildman–Crippen MR) is 153 cm³/mol. The van der Waals surface area contributed by atoms with Crippen LogP contribution < -0.4 is 25.1 Å². The summed E-state index contributed by atoms with van der Waals surface area (Å²) in [6.07, 6.45) is -1.49. The minimum atomic E-state index is -4.64. The molecular formula is C31H31F3N2O6. The molecule has 4 rings (SSSR count). The molecule has 0 aliphatic carbocycles. The Morgan fingerprint density at radius 1 is 0.833 bits per heavy atom. The fraction of sp³-hybridized carbons (Fsp3) is 0.226. The second kappa shape index (κ2) is 15.2. The number of hydrogen-bond acceptors (Lipinski definition) is 6. The van der Waals surface area contributed by atoms with Gasteiger partial charge >= 0.3 is 6.18 Å². The molecular weight excluding hydrogens is 553 g/mol. The van der Waals surface area contributed by atoms with Crippen molar-refractivity contribution < 1.29 is 37.3 Å². The molecule has 0 spiro atoms. The SMILES string of the molecule is CCCOc1ccc(O)cc1.CCCOc1ccc(Oc2ccc(C(F)(F)F)cc2C(=O)Nc2cc[nH]c(=O)c2)cc1. The van der Waals surface area contributed by atoms with Crippen LogP contribution in [0.5, 0.6) is 28.7 Å². The van der Waals surface area contributed by atoms with Crippen molar-refractivity contribution in [3.8, 4) is 28.7 Å². The molecule has 0 unspecified atom stereocenters. The number of amides is 1. The number of anilines is 1. The van der Waals surface area contributed by atoms with Crippen molar-refractivity contribution in [2.45, 2.75) is 32.9 Å². The Bertz CT molecular complexity index is 1490. The highest BCUT2D eigenvalue weighted by atomic mass is 19.4. The van der Waals surface area contributed by atoms with E-state index >= 15 is 0 Å². The van der Waals surface area contributed by atoms with Gasteiger partial charge in [-0.15, -0.1) is 0 Å². The Morgan fingerprint density at radius 2 is 1.40 bits per heavy atom. The van der Waals surface area contributed by atoms with E-state index in [1.165, 1.54) is 12.3 Å².